The fourth-order valence-electron chi connectivity index (χ4n) is 1.97. The second kappa shape index (κ2) is 8.25. The molecule has 0 amide bonds. The molecule has 1 heterocycles. The minimum Gasteiger partial charge on any atom is -0.373 e. The van der Waals surface area contributed by atoms with Gasteiger partial charge >= 0.3 is 0 Å². The van der Waals surface area contributed by atoms with Gasteiger partial charge in [0.05, 0.1) is 11.9 Å². The van der Waals surface area contributed by atoms with E-state index in [1.165, 1.54) is 0 Å². The Morgan fingerprint density at radius 2 is 2.21 bits per heavy atom. The maximum atomic E-state index is 12.0. The molecule has 0 aliphatic heterocycles. The van der Waals surface area contributed by atoms with E-state index in [0.717, 1.165) is 37.2 Å². The smallest absolute Gasteiger partial charge is 0.268 e. The van der Waals surface area contributed by atoms with Crippen molar-refractivity contribution in [3.05, 3.63) is 22.6 Å². The lowest BCUT2D eigenvalue weighted by molar-refractivity contribution is 0.440. The topological polar surface area (TPSA) is 38.1 Å². The Morgan fingerprint density at radius 1 is 1.47 bits per heavy atom. The fourth-order valence-corrected chi connectivity index (χ4v) is 2.41. The van der Waals surface area contributed by atoms with Gasteiger partial charge < -0.3 is 4.90 Å². The molecule has 1 unspecified atom stereocenters. The molecule has 0 fully saturated rings. The molecule has 0 saturated heterocycles. The number of rotatable bonds is 8. The van der Waals surface area contributed by atoms with Crippen molar-refractivity contribution in [2.75, 3.05) is 24.2 Å². The van der Waals surface area contributed by atoms with Gasteiger partial charge in [-0.25, -0.2) is 4.68 Å². The van der Waals surface area contributed by atoms with Crippen LogP contribution in [0.3, 0.4) is 0 Å². The third-order valence-electron chi connectivity index (χ3n) is 3.31. The summed E-state index contributed by atoms with van der Waals surface area (Å²) in [7, 11) is 1.99. The molecule has 0 bridgehead atoms. The van der Waals surface area contributed by atoms with E-state index in [4.69, 9.17) is 0 Å². The largest absolute Gasteiger partial charge is 0.373 e. The number of aryl methyl sites for hydroxylation is 1. The second-order valence-corrected chi connectivity index (χ2v) is 5.55. The minimum atomic E-state index is -0.0153. The lowest BCUT2D eigenvalue weighted by Crippen LogP contribution is -2.26. The van der Waals surface area contributed by atoms with Crippen LogP contribution in [-0.4, -0.2) is 29.1 Å². The van der Waals surface area contributed by atoms with Crippen LogP contribution in [0, 0.1) is 5.92 Å². The molecule has 0 radical (unpaired) electrons. The van der Waals surface area contributed by atoms with Gasteiger partial charge in [-0.3, -0.25) is 4.79 Å². The molecule has 1 atom stereocenters. The van der Waals surface area contributed by atoms with Gasteiger partial charge in [0.25, 0.3) is 5.56 Å². The van der Waals surface area contributed by atoms with Crippen molar-refractivity contribution in [3.63, 3.8) is 0 Å². The summed E-state index contributed by atoms with van der Waals surface area (Å²) in [4.78, 5) is 14.0. The first-order valence-corrected chi connectivity index (χ1v) is 7.60. The van der Waals surface area contributed by atoms with E-state index in [1.807, 2.05) is 7.05 Å². The molecule has 1 aromatic rings. The summed E-state index contributed by atoms with van der Waals surface area (Å²) < 4.78 is 1.55. The van der Waals surface area contributed by atoms with Gasteiger partial charge in [-0.1, -0.05) is 13.8 Å². The third kappa shape index (κ3) is 5.27. The van der Waals surface area contributed by atoms with Crippen LogP contribution < -0.4 is 10.5 Å². The number of nitrogens with zero attached hydrogens (tertiary/aromatic N) is 3. The van der Waals surface area contributed by atoms with Crippen molar-refractivity contribution in [2.45, 2.75) is 39.7 Å². The first kappa shape index (κ1) is 16.1. The monoisotopic (exact) mass is 283 g/mol. The van der Waals surface area contributed by atoms with Gasteiger partial charge in [-0.15, -0.1) is 0 Å². The van der Waals surface area contributed by atoms with Crippen LogP contribution in [0.2, 0.25) is 0 Å². The highest BCUT2D eigenvalue weighted by molar-refractivity contribution is 7.80. The highest BCUT2D eigenvalue weighted by atomic mass is 32.1. The molecule has 0 saturated carbocycles. The Labute approximate surface area is 121 Å². The molecule has 108 valence electrons. The summed E-state index contributed by atoms with van der Waals surface area (Å²) in [6, 6.07) is 1.67. The molecular weight excluding hydrogens is 258 g/mol. The zero-order valence-corrected chi connectivity index (χ0v) is 13.1. The Balaban J connectivity index is 2.64. The predicted molar refractivity (Wildman–Crippen MR) is 84.3 cm³/mol. The van der Waals surface area contributed by atoms with Crippen LogP contribution in [0.4, 0.5) is 5.69 Å². The Hall–Kier alpha value is -0.970. The SMILES string of the molecule is CCCN(C)c1cnn(CCC(C)CCS)c(=O)c1. The highest BCUT2D eigenvalue weighted by Crippen LogP contribution is 2.10. The summed E-state index contributed by atoms with van der Waals surface area (Å²) in [6.07, 6.45) is 4.88. The zero-order chi connectivity index (χ0) is 14.3. The predicted octanol–water partition coefficient (Wildman–Crippen LogP) is 2.44. The van der Waals surface area contributed by atoms with E-state index in [1.54, 1.807) is 16.9 Å². The van der Waals surface area contributed by atoms with E-state index in [0.29, 0.717) is 12.5 Å². The Bertz CT molecular complexity index is 433. The third-order valence-corrected chi connectivity index (χ3v) is 3.57. The molecule has 1 rings (SSSR count). The maximum absolute atomic E-state index is 12.0. The van der Waals surface area contributed by atoms with Crippen molar-refractivity contribution >= 4 is 18.3 Å². The second-order valence-electron chi connectivity index (χ2n) is 5.10. The number of aromatic nitrogens is 2. The molecule has 0 aromatic carbocycles. The summed E-state index contributed by atoms with van der Waals surface area (Å²) in [5, 5.41) is 4.26. The van der Waals surface area contributed by atoms with Crippen molar-refractivity contribution in [1.29, 1.82) is 0 Å². The molecule has 0 N–H and O–H groups in total. The Morgan fingerprint density at radius 3 is 2.79 bits per heavy atom. The number of hydrogen-bond donors (Lipinski definition) is 1. The minimum absolute atomic E-state index is 0.0153. The molecule has 1 aromatic heterocycles. The van der Waals surface area contributed by atoms with E-state index in [9.17, 15) is 4.79 Å². The van der Waals surface area contributed by atoms with E-state index >= 15 is 0 Å². The van der Waals surface area contributed by atoms with E-state index < -0.39 is 0 Å². The van der Waals surface area contributed by atoms with Crippen molar-refractivity contribution in [2.24, 2.45) is 5.92 Å². The van der Waals surface area contributed by atoms with Crippen molar-refractivity contribution in [1.82, 2.24) is 9.78 Å². The highest BCUT2D eigenvalue weighted by Gasteiger charge is 2.06. The lowest BCUT2D eigenvalue weighted by Gasteiger charge is -2.18. The summed E-state index contributed by atoms with van der Waals surface area (Å²) in [5.74, 6) is 1.47. The number of anilines is 1. The first-order chi connectivity index (χ1) is 9.08. The van der Waals surface area contributed by atoms with Crippen molar-refractivity contribution in [3.8, 4) is 0 Å². The Kier molecular flexibility index (Phi) is 6.99. The van der Waals surface area contributed by atoms with Gasteiger partial charge in [0, 0.05) is 26.2 Å². The van der Waals surface area contributed by atoms with E-state index in [-0.39, 0.29) is 5.56 Å². The number of thiol groups is 1. The van der Waals surface area contributed by atoms with Gasteiger partial charge in [0.15, 0.2) is 0 Å². The molecule has 19 heavy (non-hydrogen) atoms. The summed E-state index contributed by atoms with van der Waals surface area (Å²) in [5.41, 5.74) is 0.880. The average molecular weight is 283 g/mol. The van der Waals surface area contributed by atoms with Gasteiger partial charge in [-0.2, -0.15) is 17.7 Å². The molecular formula is C14H25N3OS. The molecule has 4 nitrogen and oxygen atoms in total. The van der Waals surface area contributed by atoms with Crippen LogP contribution in [0.5, 0.6) is 0 Å². The summed E-state index contributed by atoms with van der Waals surface area (Å²) in [6.45, 7) is 5.92. The first-order valence-electron chi connectivity index (χ1n) is 6.97. The quantitative estimate of drug-likeness (QED) is 0.745. The zero-order valence-electron chi connectivity index (χ0n) is 12.2. The molecule has 0 aliphatic carbocycles. The molecule has 0 aliphatic rings. The number of hydrogen-bond acceptors (Lipinski definition) is 4. The van der Waals surface area contributed by atoms with Crippen LogP contribution in [-0.2, 0) is 6.54 Å². The standard InChI is InChI=1S/C14H25N3OS/c1-4-7-16(3)13-10-14(18)17(15-11-13)8-5-12(2)6-9-19/h10-12,19H,4-9H2,1-3H3. The van der Waals surface area contributed by atoms with Crippen molar-refractivity contribution < 1.29 is 0 Å². The molecule has 0 spiro atoms. The van der Waals surface area contributed by atoms with E-state index in [2.05, 4.69) is 36.5 Å². The lowest BCUT2D eigenvalue weighted by atomic mass is 10.1. The van der Waals surface area contributed by atoms with Crippen LogP contribution in [0.15, 0.2) is 17.1 Å². The van der Waals surface area contributed by atoms with Gasteiger partial charge in [-0.05, 0) is 30.9 Å². The average Bonchev–Trinajstić information content (AvgIpc) is 2.38. The maximum Gasteiger partial charge on any atom is 0.268 e. The molecule has 5 heteroatoms. The van der Waals surface area contributed by atoms with Crippen LogP contribution in [0.25, 0.3) is 0 Å². The van der Waals surface area contributed by atoms with Crippen LogP contribution in [0.1, 0.15) is 33.1 Å². The van der Waals surface area contributed by atoms with Gasteiger partial charge in [0.1, 0.15) is 0 Å². The van der Waals surface area contributed by atoms with Crippen LogP contribution >= 0.6 is 12.6 Å². The van der Waals surface area contributed by atoms with Gasteiger partial charge in [0.2, 0.25) is 0 Å². The summed E-state index contributed by atoms with van der Waals surface area (Å²) >= 11 is 4.23. The normalized spacial score (nSPS) is 12.4. The fraction of sp³-hybridized carbons (Fsp3) is 0.714.